The molecular formula is C21H21NO5. The van der Waals surface area contributed by atoms with E-state index >= 15 is 0 Å². The predicted octanol–water partition coefficient (Wildman–Crippen LogP) is 2.64. The van der Waals surface area contributed by atoms with Crippen LogP contribution in [0.4, 0.5) is 0 Å². The van der Waals surface area contributed by atoms with Gasteiger partial charge in [0.05, 0.1) is 0 Å². The molecule has 2 aromatic carbocycles. The van der Waals surface area contributed by atoms with Crippen LogP contribution in [0.5, 0.6) is 11.5 Å². The van der Waals surface area contributed by atoms with E-state index in [1.54, 1.807) is 18.2 Å². The lowest BCUT2D eigenvalue weighted by atomic mass is 10.1. The number of hydrogen-bond donors (Lipinski definition) is 1. The van der Waals surface area contributed by atoms with Gasteiger partial charge in [-0.05, 0) is 36.3 Å². The van der Waals surface area contributed by atoms with Crippen molar-refractivity contribution in [1.82, 2.24) is 5.32 Å². The Balaban J connectivity index is 1.43. The lowest BCUT2D eigenvalue weighted by Crippen LogP contribution is -2.28. The van der Waals surface area contributed by atoms with Gasteiger partial charge in [-0.3, -0.25) is 4.79 Å². The van der Waals surface area contributed by atoms with Gasteiger partial charge in [0.15, 0.2) is 18.1 Å². The summed E-state index contributed by atoms with van der Waals surface area (Å²) >= 11 is 0. The lowest BCUT2D eigenvalue weighted by molar-refractivity contribution is -0.143. The number of nitrogens with one attached hydrogen (secondary N) is 1. The molecule has 2 aromatic rings. The fraction of sp³-hybridized carbons (Fsp3) is 0.238. The van der Waals surface area contributed by atoms with E-state index in [-0.39, 0.29) is 12.5 Å². The Morgan fingerprint density at radius 1 is 1.07 bits per heavy atom. The third kappa shape index (κ3) is 5.60. The minimum absolute atomic E-state index is 0.323. The highest BCUT2D eigenvalue weighted by atomic mass is 16.6. The van der Waals surface area contributed by atoms with Crippen LogP contribution in [0.2, 0.25) is 0 Å². The molecule has 3 rings (SSSR count). The van der Waals surface area contributed by atoms with Crippen LogP contribution >= 0.6 is 0 Å². The van der Waals surface area contributed by atoms with Crippen molar-refractivity contribution < 1.29 is 23.8 Å². The minimum atomic E-state index is -0.588. The van der Waals surface area contributed by atoms with Crippen LogP contribution in [0.3, 0.4) is 0 Å². The van der Waals surface area contributed by atoms with Crippen LogP contribution in [-0.2, 0) is 20.9 Å². The van der Waals surface area contributed by atoms with Crippen LogP contribution in [0.15, 0.2) is 48.5 Å². The second-order valence-electron chi connectivity index (χ2n) is 6.11. The maximum Gasteiger partial charge on any atom is 0.331 e. The largest absolute Gasteiger partial charge is 0.486 e. The Hall–Kier alpha value is -3.28. The average molecular weight is 367 g/mol. The molecule has 0 spiro atoms. The smallest absolute Gasteiger partial charge is 0.331 e. The minimum Gasteiger partial charge on any atom is -0.486 e. The summed E-state index contributed by atoms with van der Waals surface area (Å²) in [5.41, 5.74) is 2.92. The van der Waals surface area contributed by atoms with Gasteiger partial charge in [-0.1, -0.05) is 35.9 Å². The molecule has 0 radical (unpaired) electrons. The number of carbonyl (C=O) groups excluding carboxylic acids is 2. The van der Waals surface area contributed by atoms with E-state index in [0.717, 1.165) is 16.7 Å². The second kappa shape index (κ2) is 8.89. The Bertz CT molecular complexity index is 842. The first-order valence-corrected chi connectivity index (χ1v) is 8.67. The molecule has 6 nitrogen and oxygen atoms in total. The van der Waals surface area contributed by atoms with E-state index in [2.05, 4.69) is 5.32 Å². The quantitative estimate of drug-likeness (QED) is 0.628. The molecule has 0 aliphatic carbocycles. The van der Waals surface area contributed by atoms with Crippen molar-refractivity contribution in [3.63, 3.8) is 0 Å². The van der Waals surface area contributed by atoms with E-state index in [9.17, 15) is 9.59 Å². The number of carbonyl (C=O) groups is 2. The van der Waals surface area contributed by atoms with E-state index in [1.807, 2.05) is 37.3 Å². The molecule has 0 fully saturated rings. The van der Waals surface area contributed by atoms with Crippen LogP contribution < -0.4 is 14.8 Å². The van der Waals surface area contributed by atoms with Crippen molar-refractivity contribution >= 4 is 18.0 Å². The molecule has 0 saturated carbocycles. The van der Waals surface area contributed by atoms with Gasteiger partial charge in [-0.15, -0.1) is 0 Å². The van der Waals surface area contributed by atoms with Gasteiger partial charge in [-0.2, -0.15) is 0 Å². The van der Waals surface area contributed by atoms with E-state index < -0.39 is 5.97 Å². The van der Waals surface area contributed by atoms with E-state index in [1.165, 1.54) is 6.08 Å². The normalized spacial score (nSPS) is 12.6. The third-order valence-corrected chi connectivity index (χ3v) is 3.93. The van der Waals surface area contributed by atoms with Crippen molar-refractivity contribution in [2.24, 2.45) is 0 Å². The number of amides is 1. The molecule has 1 heterocycles. The summed E-state index contributed by atoms with van der Waals surface area (Å²) < 4.78 is 15.9. The summed E-state index contributed by atoms with van der Waals surface area (Å²) in [6, 6.07) is 13.2. The van der Waals surface area contributed by atoms with Crippen molar-refractivity contribution in [3.05, 3.63) is 65.2 Å². The molecule has 27 heavy (non-hydrogen) atoms. The summed E-state index contributed by atoms with van der Waals surface area (Å²) in [7, 11) is 0. The van der Waals surface area contributed by atoms with Gasteiger partial charge < -0.3 is 19.5 Å². The fourth-order valence-corrected chi connectivity index (χ4v) is 2.47. The number of hydrogen-bond acceptors (Lipinski definition) is 5. The van der Waals surface area contributed by atoms with Gasteiger partial charge in [0.2, 0.25) is 0 Å². The topological polar surface area (TPSA) is 73.9 Å². The molecule has 6 heteroatoms. The van der Waals surface area contributed by atoms with Gasteiger partial charge in [0, 0.05) is 12.6 Å². The summed E-state index contributed by atoms with van der Waals surface area (Å²) in [6.07, 6.45) is 2.88. The average Bonchev–Trinajstić information content (AvgIpc) is 2.70. The highest BCUT2D eigenvalue weighted by molar-refractivity contribution is 5.89. The van der Waals surface area contributed by atoms with Crippen molar-refractivity contribution in [3.8, 4) is 11.5 Å². The van der Waals surface area contributed by atoms with E-state index in [0.29, 0.717) is 31.3 Å². The fourth-order valence-electron chi connectivity index (χ4n) is 2.47. The van der Waals surface area contributed by atoms with Crippen LogP contribution in [0.1, 0.15) is 16.7 Å². The highest BCUT2D eigenvalue weighted by Gasteiger charge is 2.11. The molecule has 1 N–H and O–H groups in total. The summed E-state index contributed by atoms with van der Waals surface area (Å²) in [4.78, 5) is 23.6. The molecule has 0 saturated heterocycles. The zero-order valence-electron chi connectivity index (χ0n) is 15.1. The standard InChI is InChI=1S/C21H21NO5/c1-15-2-4-17(5-3-15)13-22-20(23)14-27-21(24)9-7-16-6-8-18-19(12-16)26-11-10-25-18/h2-9,12H,10-11,13-14H2,1H3,(H,22,23)/b9-7+. The molecule has 0 unspecified atom stereocenters. The number of aryl methyl sites for hydroxylation is 1. The molecular weight excluding hydrogens is 346 g/mol. The third-order valence-electron chi connectivity index (χ3n) is 3.93. The number of benzene rings is 2. The summed E-state index contributed by atoms with van der Waals surface area (Å²) in [6.45, 7) is 3.10. The number of rotatable bonds is 6. The Labute approximate surface area is 157 Å². The van der Waals surface area contributed by atoms with Gasteiger partial charge in [-0.25, -0.2) is 4.79 Å². The first-order valence-electron chi connectivity index (χ1n) is 8.67. The molecule has 0 bridgehead atoms. The lowest BCUT2D eigenvalue weighted by Gasteiger charge is -2.18. The zero-order chi connectivity index (χ0) is 19.1. The number of fused-ring (bicyclic) bond motifs is 1. The first-order chi connectivity index (χ1) is 13.1. The molecule has 0 aromatic heterocycles. The highest BCUT2D eigenvalue weighted by Crippen LogP contribution is 2.31. The maximum atomic E-state index is 11.8. The van der Waals surface area contributed by atoms with Crippen molar-refractivity contribution in [1.29, 1.82) is 0 Å². The number of esters is 1. The summed E-state index contributed by atoms with van der Waals surface area (Å²) in [5.74, 6) is 0.394. The Morgan fingerprint density at radius 2 is 1.81 bits per heavy atom. The van der Waals surface area contributed by atoms with Gasteiger partial charge in [0.25, 0.3) is 5.91 Å². The zero-order valence-corrected chi connectivity index (χ0v) is 15.1. The molecule has 1 amide bonds. The predicted molar refractivity (Wildman–Crippen MR) is 100 cm³/mol. The van der Waals surface area contributed by atoms with E-state index in [4.69, 9.17) is 14.2 Å². The SMILES string of the molecule is Cc1ccc(CNC(=O)COC(=O)/C=C/c2ccc3c(c2)OCCO3)cc1. The molecule has 1 aliphatic heterocycles. The van der Waals surface area contributed by atoms with Crippen molar-refractivity contribution in [2.75, 3.05) is 19.8 Å². The van der Waals surface area contributed by atoms with Crippen molar-refractivity contribution in [2.45, 2.75) is 13.5 Å². The molecule has 140 valence electrons. The maximum absolute atomic E-state index is 11.8. The second-order valence-corrected chi connectivity index (χ2v) is 6.11. The Kier molecular flexibility index (Phi) is 6.10. The first kappa shape index (κ1) is 18.5. The van der Waals surface area contributed by atoms with Crippen LogP contribution in [0.25, 0.3) is 6.08 Å². The molecule has 1 aliphatic rings. The van der Waals surface area contributed by atoms with Crippen LogP contribution in [-0.4, -0.2) is 31.7 Å². The van der Waals surface area contributed by atoms with Gasteiger partial charge >= 0.3 is 5.97 Å². The van der Waals surface area contributed by atoms with Gasteiger partial charge in [0.1, 0.15) is 13.2 Å². The summed E-state index contributed by atoms with van der Waals surface area (Å²) in [5, 5.41) is 2.71. The number of ether oxygens (including phenoxy) is 3. The monoisotopic (exact) mass is 367 g/mol. The Morgan fingerprint density at radius 3 is 2.59 bits per heavy atom. The molecule has 0 atom stereocenters. The van der Waals surface area contributed by atoms with Crippen LogP contribution in [0, 0.1) is 6.92 Å².